The van der Waals surface area contributed by atoms with Crippen LogP contribution in [0.5, 0.6) is 5.75 Å². The fourth-order valence-corrected chi connectivity index (χ4v) is 3.07. The van der Waals surface area contributed by atoms with Gasteiger partial charge < -0.3 is 23.9 Å². The molecule has 0 atom stereocenters. The summed E-state index contributed by atoms with van der Waals surface area (Å²) >= 11 is 0. The smallest absolute Gasteiger partial charge is 0.412 e. The van der Waals surface area contributed by atoms with Gasteiger partial charge in [0.25, 0.3) is 5.91 Å². The van der Waals surface area contributed by atoms with Crippen molar-refractivity contribution in [2.45, 2.75) is 52.7 Å². The molecule has 0 aliphatic rings. The molecule has 1 aromatic heterocycles. The fraction of sp³-hybridized carbons (Fsp3) is 0.346. The Hall–Kier alpha value is -4.01. The molecule has 0 bridgehead atoms. The Morgan fingerprint density at radius 2 is 1.46 bits per heavy atom. The summed E-state index contributed by atoms with van der Waals surface area (Å²) in [5.41, 5.74) is -0.240. The minimum atomic E-state index is -0.667. The third-order valence-electron chi connectivity index (χ3n) is 4.31. The zero-order valence-corrected chi connectivity index (χ0v) is 20.7. The lowest BCUT2D eigenvalue weighted by Crippen LogP contribution is -2.27. The van der Waals surface area contributed by atoms with E-state index in [-0.39, 0.29) is 12.4 Å². The van der Waals surface area contributed by atoms with Crippen LogP contribution in [-0.2, 0) is 14.3 Å². The van der Waals surface area contributed by atoms with E-state index >= 15 is 0 Å². The highest BCUT2D eigenvalue weighted by atomic mass is 16.6. The number of ether oxygens (including phenoxy) is 3. The van der Waals surface area contributed by atoms with Crippen molar-refractivity contribution in [3.05, 3.63) is 54.3 Å². The van der Waals surface area contributed by atoms with Gasteiger partial charge in [0.1, 0.15) is 11.2 Å². The Labute approximate surface area is 203 Å². The molecule has 0 aliphatic heterocycles. The first kappa shape index (κ1) is 25.6. The molecule has 0 fully saturated rings. The molecule has 0 unspecified atom stereocenters. The molecule has 2 aromatic carbocycles. The molecular weight excluding hydrogens is 452 g/mol. The van der Waals surface area contributed by atoms with Gasteiger partial charge in [0, 0.05) is 5.39 Å². The summed E-state index contributed by atoms with van der Waals surface area (Å²) in [6, 6.07) is 13.4. The standard InChI is InChI=1S/C26H30N2O7/c1-25(2,3)34-21(29)15-32-19-13-9-10-16-14-20(33-22(16)19)23(30)27-17-11-7-8-12-18(17)28-24(31)35-26(4,5)6/h7-14H,15H2,1-6H3,(H,27,30)(H,28,31). The normalized spacial score (nSPS) is 11.6. The van der Waals surface area contributed by atoms with Crippen molar-refractivity contribution in [3.63, 3.8) is 0 Å². The second kappa shape index (κ2) is 10.1. The predicted molar refractivity (Wildman–Crippen MR) is 132 cm³/mol. The molecule has 0 aliphatic carbocycles. The van der Waals surface area contributed by atoms with E-state index in [9.17, 15) is 14.4 Å². The van der Waals surface area contributed by atoms with Crippen LogP contribution in [0.4, 0.5) is 16.2 Å². The van der Waals surface area contributed by atoms with Crippen molar-refractivity contribution in [2.24, 2.45) is 0 Å². The van der Waals surface area contributed by atoms with Crippen LogP contribution in [0.2, 0.25) is 0 Å². The van der Waals surface area contributed by atoms with Crippen molar-refractivity contribution >= 4 is 40.3 Å². The van der Waals surface area contributed by atoms with E-state index in [2.05, 4.69) is 10.6 Å². The Morgan fingerprint density at radius 1 is 0.829 bits per heavy atom. The lowest BCUT2D eigenvalue weighted by Gasteiger charge is -2.20. The molecule has 3 aromatic rings. The van der Waals surface area contributed by atoms with Gasteiger partial charge in [-0.3, -0.25) is 10.1 Å². The van der Waals surface area contributed by atoms with E-state index in [0.29, 0.717) is 28.1 Å². The Morgan fingerprint density at radius 3 is 2.09 bits per heavy atom. The number of esters is 1. The second-order valence-electron chi connectivity index (χ2n) is 9.79. The zero-order chi connectivity index (χ0) is 25.8. The maximum atomic E-state index is 12.9. The van der Waals surface area contributed by atoms with E-state index in [1.54, 1.807) is 90.1 Å². The highest BCUT2D eigenvalue weighted by Gasteiger charge is 2.21. The summed E-state index contributed by atoms with van der Waals surface area (Å²) < 4.78 is 21.9. The van der Waals surface area contributed by atoms with Gasteiger partial charge in [0.15, 0.2) is 23.7 Å². The maximum Gasteiger partial charge on any atom is 0.412 e. The average molecular weight is 483 g/mol. The molecule has 9 heteroatoms. The molecule has 0 radical (unpaired) electrons. The summed E-state index contributed by atoms with van der Waals surface area (Å²) in [5, 5.41) is 5.99. The summed E-state index contributed by atoms with van der Waals surface area (Å²) in [7, 11) is 0. The van der Waals surface area contributed by atoms with Gasteiger partial charge in [-0.2, -0.15) is 0 Å². The third kappa shape index (κ3) is 7.49. The minimum Gasteiger partial charge on any atom is -0.478 e. The Bertz CT molecular complexity index is 1230. The van der Waals surface area contributed by atoms with Gasteiger partial charge in [-0.1, -0.05) is 24.3 Å². The van der Waals surface area contributed by atoms with Gasteiger partial charge in [-0.15, -0.1) is 0 Å². The first-order chi connectivity index (χ1) is 16.3. The van der Waals surface area contributed by atoms with E-state index in [4.69, 9.17) is 18.6 Å². The molecule has 2 N–H and O–H groups in total. The molecule has 186 valence electrons. The lowest BCUT2D eigenvalue weighted by atomic mass is 10.2. The van der Waals surface area contributed by atoms with Crippen LogP contribution in [0.3, 0.4) is 0 Å². The molecule has 3 rings (SSSR count). The van der Waals surface area contributed by atoms with Crippen molar-refractivity contribution in [3.8, 4) is 5.75 Å². The van der Waals surface area contributed by atoms with Crippen molar-refractivity contribution in [1.29, 1.82) is 0 Å². The van der Waals surface area contributed by atoms with Gasteiger partial charge in [0.2, 0.25) is 0 Å². The number of nitrogens with one attached hydrogen (secondary N) is 2. The van der Waals surface area contributed by atoms with Crippen LogP contribution in [-0.4, -0.2) is 35.8 Å². The monoisotopic (exact) mass is 482 g/mol. The molecule has 9 nitrogen and oxygen atoms in total. The first-order valence-corrected chi connectivity index (χ1v) is 11.1. The first-order valence-electron chi connectivity index (χ1n) is 11.1. The number of hydrogen-bond acceptors (Lipinski definition) is 7. The van der Waals surface area contributed by atoms with Crippen LogP contribution in [0, 0.1) is 0 Å². The number of carbonyl (C=O) groups is 3. The molecule has 2 amide bonds. The van der Waals surface area contributed by atoms with E-state index in [1.165, 1.54) is 0 Å². The van der Waals surface area contributed by atoms with E-state index < -0.39 is 29.2 Å². The number of hydrogen-bond donors (Lipinski definition) is 2. The number of fused-ring (bicyclic) bond motifs is 1. The SMILES string of the molecule is CC(C)(C)OC(=O)COc1cccc2cc(C(=O)Nc3ccccc3NC(=O)OC(C)(C)C)oc12. The van der Waals surface area contributed by atoms with Crippen molar-refractivity contribution < 1.29 is 33.0 Å². The quantitative estimate of drug-likeness (QED) is 0.430. The van der Waals surface area contributed by atoms with Gasteiger partial charge >= 0.3 is 12.1 Å². The average Bonchev–Trinajstić information content (AvgIpc) is 3.16. The number of rotatable bonds is 6. The summed E-state index contributed by atoms with van der Waals surface area (Å²) in [4.78, 5) is 37.1. The summed E-state index contributed by atoms with van der Waals surface area (Å²) in [6.45, 7) is 10.3. The molecule has 0 saturated heterocycles. The van der Waals surface area contributed by atoms with Gasteiger partial charge in [0.05, 0.1) is 11.4 Å². The topological polar surface area (TPSA) is 116 Å². The lowest BCUT2D eigenvalue weighted by molar-refractivity contribution is -0.157. The van der Waals surface area contributed by atoms with E-state index in [1.807, 2.05) is 0 Å². The highest BCUT2D eigenvalue weighted by molar-refractivity contribution is 6.07. The number of amides is 2. The Balaban J connectivity index is 1.74. The fourth-order valence-electron chi connectivity index (χ4n) is 3.07. The second-order valence-corrected chi connectivity index (χ2v) is 9.79. The summed E-state index contributed by atoms with van der Waals surface area (Å²) in [6.07, 6.45) is -0.644. The van der Waals surface area contributed by atoms with Crippen LogP contribution in [0.1, 0.15) is 52.1 Å². The molecule has 0 saturated carbocycles. The predicted octanol–water partition coefficient (Wildman–Crippen LogP) is 5.75. The largest absolute Gasteiger partial charge is 0.478 e. The molecule has 1 heterocycles. The van der Waals surface area contributed by atoms with Crippen LogP contribution in [0.15, 0.2) is 52.9 Å². The van der Waals surface area contributed by atoms with Crippen LogP contribution >= 0.6 is 0 Å². The number of benzene rings is 2. The number of furan rings is 1. The Kier molecular flexibility index (Phi) is 7.38. The van der Waals surface area contributed by atoms with E-state index in [0.717, 1.165) is 0 Å². The van der Waals surface area contributed by atoms with Crippen LogP contribution in [0.25, 0.3) is 11.0 Å². The number of anilines is 2. The number of carbonyl (C=O) groups excluding carboxylic acids is 3. The summed E-state index contributed by atoms with van der Waals surface area (Å²) in [5.74, 6) is -0.717. The molecule has 35 heavy (non-hydrogen) atoms. The highest BCUT2D eigenvalue weighted by Crippen LogP contribution is 2.30. The van der Waals surface area contributed by atoms with Gasteiger partial charge in [-0.05, 0) is 65.8 Å². The molecular formula is C26H30N2O7. The molecule has 0 spiro atoms. The maximum absolute atomic E-state index is 12.9. The van der Waals surface area contributed by atoms with Crippen LogP contribution < -0.4 is 15.4 Å². The zero-order valence-electron chi connectivity index (χ0n) is 20.7. The van der Waals surface area contributed by atoms with Crippen molar-refractivity contribution in [1.82, 2.24) is 0 Å². The third-order valence-corrected chi connectivity index (χ3v) is 4.31. The van der Waals surface area contributed by atoms with Crippen molar-refractivity contribution in [2.75, 3.05) is 17.2 Å². The number of para-hydroxylation sites is 3. The van der Waals surface area contributed by atoms with Gasteiger partial charge in [-0.25, -0.2) is 9.59 Å². The minimum absolute atomic E-state index is 0.0281.